The first-order valence-electron chi connectivity index (χ1n) is 5.74. The molecule has 2 rings (SSSR count). The summed E-state index contributed by atoms with van der Waals surface area (Å²) in [6, 6.07) is 9.33. The molecule has 0 atom stereocenters. The van der Waals surface area contributed by atoms with Gasteiger partial charge in [-0.1, -0.05) is 24.4 Å². The Balaban J connectivity index is 2.28. The molecular weight excluding hydrogens is 294 g/mol. The monoisotopic (exact) mass is 307 g/mol. The molecule has 1 heterocycles. The second-order valence-corrected chi connectivity index (χ2v) is 6.30. The van der Waals surface area contributed by atoms with Crippen LogP contribution in [-0.4, -0.2) is 18.4 Å². The quantitative estimate of drug-likeness (QED) is 0.842. The van der Waals surface area contributed by atoms with Crippen LogP contribution in [0.2, 0.25) is 0 Å². The average molecular weight is 307 g/mol. The normalized spacial score (nSPS) is 11.1. The summed E-state index contributed by atoms with van der Waals surface area (Å²) in [5.41, 5.74) is 7.30. The third-order valence-corrected chi connectivity index (χ3v) is 4.23. The molecule has 0 radical (unpaired) electrons. The van der Waals surface area contributed by atoms with Crippen LogP contribution in [-0.2, 0) is 10.0 Å². The molecule has 0 aliphatic carbocycles. The molecule has 0 saturated carbocycles. The molecule has 0 saturated heterocycles. The van der Waals surface area contributed by atoms with Crippen LogP contribution in [0.25, 0.3) is 0 Å². The van der Waals surface area contributed by atoms with Gasteiger partial charge in [0.1, 0.15) is 4.99 Å². The molecular formula is C13H13N3O2S2. The standard InChI is InChI=1S/C13H13N3O2S2/c1-9-8-11(6-7-15-9)16-20(17,18)12-4-2-10(3-5-12)13(14)19/h2-8H,1H3,(H2,14,19)(H,15,16). The summed E-state index contributed by atoms with van der Waals surface area (Å²) < 4.78 is 26.9. The van der Waals surface area contributed by atoms with Crippen LogP contribution in [0.5, 0.6) is 0 Å². The van der Waals surface area contributed by atoms with E-state index in [0.29, 0.717) is 11.3 Å². The van der Waals surface area contributed by atoms with Gasteiger partial charge in [-0.25, -0.2) is 8.42 Å². The van der Waals surface area contributed by atoms with Crippen molar-refractivity contribution in [3.63, 3.8) is 0 Å². The van der Waals surface area contributed by atoms with Crippen LogP contribution in [0.15, 0.2) is 47.5 Å². The number of sulfonamides is 1. The molecule has 0 amide bonds. The zero-order valence-corrected chi connectivity index (χ0v) is 12.3. The fourth-order valence-corrected chi connectivity index (χ4v) is 2.81. The predicted octanol–water partition coefficient (Wildman–Crippen LogP) is 1.83. The number of nitrogens with zero attached hydrogens (tertiary/aromatic N) is 1. The lowest BCUT2D eigenvalue weighted by Gasteiger charge is -2.09. The Labute approximate surface area is 122 Å². The molecule has 0 aliphatic rings. The third kappa shape index (κ3) is 3.31. The third-order valence-electron chi connectivity index (χ3n) is 2.60. The first-order valence-corrected chi connectivity index (χ1v) is 7.63. The number of thiocarbonyl (C=S) groups is 1. The molecule has 104 valence electrons. The maximum Gasteiger partial charge on any atom is 0.261 e. The van der Waals surface area contributed by atoms with Gasteiger partial charge in [-0.2, -0.15) is 0 Å². The highest BCUT2D eigenvalue weighted by atomic mass is 32.2. The van der Waals surface area contributed by atoms with Gasteiger partial charge in [0.15, 0.2) is 0 Å². The highest BCUT2D eigenvalue weighted by molar-refractivity contribution is 7.92. The van der Waals surface area contributed by atoms with Crippen molar-refractivity contribution in [1.29, 1.82) is 0 Å². The maximum absolute atomic E-state index is 12.2. The fraction of sp³-hybridized carbons (Fsp3) is 0.0769. The van der Waals surface area contributed by atoms with E-state index in [9.17, 15) is 8.42 Å². The largest absolute Gasteiger partial charge is 0.389 e. The Kier molecular flexibility index (Phi) is 4.01. The average Bonchev–Trinajstić information content (AvgIpc) is 2.38. The first-order chi connectivity index (χ1) is 9.38. The molecule has 5 nitrogen and oxygen atoms in total. The highest BCUT2D eigenvalue weighted by Gasteiger charge is 2.14. The summed E-state index contributed by atoms with van der Waals surface area (Å²) in [5.74, 6) is 0. The second kappa shape index (κ2) is 5.56. The molecule has 0 spiro atoms. The SMILES string of the molecule is Cc1cc(NS(=O)(=O)c2ccc(C(N)=S)cc2)ccn1. The lowest BCUT2D eigenvalue weighted by atomic mass is 10.2. The van der Waals surface area contributed by atoms with Gasteiger partial charge in [-0.15, -0.1) is 0 Å². The van der Waals surface area contributed by atoms with Crippen molar-refractivity contribution in [3.05, 3.63) is 53.9 Å². The van der Waals surface area contributed by atoms with Gasteiger partial charge in [0.25, 0.3) is 10.0 Å². The van der Waals surface area contributed by atoms with E-state index in [1.165, 1.54) is 12.1 Å². The summed E-state index contributed by atoms with van der Waals surface area (Å²) >= 11 is 4.82. The minimum absolute atomic E-state index is 0.145. The van der Waals surface area contributed by atoms with Gasteiger partial charge in [0.05, 0.1) is 10.6 Å². The Hall–Kier alpha value is -1.99. The van der Waals surface area contributed by atoms with E-state index in [4.69, 9.17) is 18.0 Å². The number of benzene rings is 1. The lowest BCUT2D eigenvalue weighted by molar-refractivity contribution is 0.601. The minimum atomic E-state index is -3.63. The number of aryl methyl sites for hydroxylation is 1. The van der Waals surface area contributed by atoms with E-state index in [-0.39, 0.29) is 9.88 Å². The van der Waals surface area contributed by atoms with Gasteiger partial charge in [0, 0.05) is 17.5 Å². The van der Waals surface area contributed by atoms with Crippen molar-refractivity contribution >= 4 is 32.9 Å². The van der Waals surface area contributed by atoms with E-state index in [0.717, 1.165) is 5.69 Å². The fourth-order valence-electron chi connectivity index (χ4n) is 1.62. The Morgan fingerprint density at radius 2 is 1.90 bits per heavy atom. The van der Waals surface area contributed by atoms with Crippen molar-refractivity contribution in [2.45, 2.75) is 11.8 Å². The highest BCUT2D eigenvalue weighted by Crippen LogP contribution is 2.16. The van der Waals surface area contributed by atoms with Crippen LogP contribution in [0, 0.1) is 6.92 Å². The first kappa shape index (κ1) is 14.4. The number of anilines is 1. The van der Waals surface area contributed by atoms with Gasteiger partial charge >= 0.3 is 0 Å². The Morgan fingerprint density at radius 3 is 2.45 bits per heavy atom. The summed E-state index contributed by atoms with van der Waals surface area (Å²) in [6.45, 7) is 1.79. The van der Waals surface area contributed by atoms with E-state index < -0.39 is 10.0 Å². The molecule has 20 heavy (non-hydrogen) atoms. The van der Waals surface area contributed by atoms with Crippen LogP contribution in [0.4, 0.5) is 5.69 Å². The van der Waals surface area contributed by atoms with Gasteiger partial charge in [-0.05, 0) is 31.2 Å². The number of hydrogen-bond acceptors (Lipinski definition) is 4. The Morgan fingerprint density at radius 1 is 1.25 bits per heavy atom. The summed E-state index contributed by atoms with van der Waals surface area (Å²) in [4.78, 5) is 4.38. The van der Waals surface area contributed by atoms with Crippen molar-refractivity contribution in [2.75, 3.05) is 4.72 Å². The van der Waals surface area contributed by atoms with Gasteiger partial charge < -0.3 is 5.73 Å². The zero-order chi connectivity index (χ0) is 14.8. The summed E-state index contributed by atoms with van der Waals surface area (Å²) in [5, 5.41) is 0. The van der Waals surface area contributed by atoms with Crippen molar-refractivity contribution in [1.82, 2.24) is 4.98 Å². The summed E-state index contributed by atoms with van der Waals surface area (Å²) in [6.07, 6.45) is 1.54. The van der Waals surface area contributed by atoms with Crippen LogP contribution in [0.3, 0.4) is 0 Å². The second-order valence-electron chi connectivity index (χ2n) is 4.18. The molecule has 1 aromatic carbocycles. The number of nitrogens with one attached hydrogen (secondary N) is 1. The van der Waals surface area contributed by atoms with Crippen LogP contribution < -0.4 is 10.5 Å². The van der Waals surface area contributed by atoms with E-state index in [1.54, 1.807) is 37.4 Å². The molecule has 0 unspecified atom stereocenters. The number of nitrogens with two attached hydrogens (primary N) is 1. The number of rotatable bonds is 4. The smallest absolute Gasteiger partial charge is 0.261 e. The van der Waals surface area contributed by atoms with E-state index in [1.807, 2.05) is 0 Å². The van der Waals surface area contributed by atoms with E-state index >= 15 is 0 Å². The van der Waals surface area contributed by atoms with Crippen molar-refractivity contribution < 1.29 is 8.42 Å². The van der Waals surface area contributed by atoms with E-state index in [2.05, 4.69) is 9.71 Å². The summed E-state index contributed by atoms with van der Waals surface area (Å²) in [7, 11) is -3.63. The Bertz CT molecular complexity index is 740. The van der Waals surface area contributed by atoms with Crippen LogP contribution >= 0.6 is 12.2 Å². The topological polar surface area (TPSA) is 85.1 Å². The molecule has 1 aromatic heterocycles. The van der Waals surface area contributed by atoms with Gasteiger partial charge in [-0.3, -0.25) is 9.71 Å². The van der Waals surface area contributed by atoms with Crippen LogP contribution in [0.1, 0.15) is 11.3 Å². The number of aromatic nitrogens is 1. The number of pyridine rings is 1. The lowest BCUT2D eigenvalue weighted by Crippen LogP contribution is -2.14. The zero-order valence-electron chi connectivity index (χ0n) is 10.7. The molecule has 0 bridgehead atoms. The molecule has 3 N–H and O–H groups in total. The van der Waals surface area contributed by atoms with Gasteiger partial charge in [0.2, 0.25) is 0 Å². The number of hydrogen-bond donors (Lipinski definition) is 2. The van der Waals surface area contributed by atoms with Crippen molar-refractivity contribution in [3.8, 4) is 0 Å². The molecule has 7 heteroatoms. The molecule has 0 aliphatic heterocycles. The minimum Gasteiger partial charge on any atom is -0.389 e. The molecule has 0 fully saturated rings. The predicted molar refractivity (Wildman–Crippen MR) is 82.1 cm³/mol. The molecule has 2 aromatic rings. The maximum atomic E-state index is 12.2. The van der Waals surface area contributed by atoms with Crippen molar-refractivity contribution in [2.24, 2.45) is 5.73 Å².